The minimum absolute atomic E-state index is 0.0123. The number of rotatable bonds is 7. The molecule has 1 heterocycles. The summed E-state index contributed by atoms with van der Waals surface area (Å²) >= 11 is 6.28. The lowest BCUT2D eigenvalue weighted by Gasteiger charge is -2.07. The van der Waals surface area contributed by atoms with E-state index in [4.69, 9.17) is 11.6 Å². The number of aryl methyl sites for hydroxylation is 2. The van der Waals surface area contributed by atoms with Gasteiger partial charge in [-0.15, -0.1) is 0 Å². The fourth-order valence-electron chi connectivity index (χ4n) is 1.72. The molecule has 0 fully saturated rings. The normalized spacial score (nSPS) is 10.7. The number of hydrogen-bond donors (Lipinski definition) is 2. The van der Waals surface area contributed by atoms with Gasteiger partial charge in [0.25, 0.3) is 0 Å². The summed E-state index contributed by atoms with van der Waals surface area (Å²) in [5.41, 5.74) is 1.95. The zero-order chi connectivity index (χ0) is 13.5. The Bertz CT molecular complexity index is 403. The van der Waals surface area contributed by atoms with Crippen molar-refractivity contribution in [3.05, 3.63) is 16.4 Å². The van der Waals surface area contributed by atoms with Crippen molar-refractivity contribution >= 4 is 17.5 Å². The van der Waals surface area contributed by atoms with Gasteiger partial charge < -0.3 is 10.6 Å². The molecular weight excluding hydrogens is 252 g/mol. The minimum atomic E-state index is -0.0123. The minimum Gasteiger partial charge on any atom is -0.355 e. The van der Waals surface area contributed by atoms with Gasteiger partial charge in [0.05, 0.1) is 16.4 Å². The molecule has 102 valence electrons. The second kappa shape index (κ2) is 7.38. The zero-order valence-corrected chi connectivity index (χ0v) is 12.0. The van der Waals surface area contributed by atoms with E-state index in [0.29, 0.717) is 19.6 Å². The number of aromatic nitrogens is 2. The molecule has 1 rings (SSSR count). The number of nitrogens with zero attached hydrogens (tertiary/aromatic N) is 2. The van der Waals surface area contributed by atoms with Gasteiger partial charge in [0.1, 0.15) is 0 Å². The van der Waals surface area contributed by atoms with Gasteiger partial charge in [0.15, 0.2) is 0 Å². The van der Waals surface area contributed by atoms with E-state index in [2.05, 4.69) is 15.7 Å². The lowest BCUT2D eigenvalue weighted by Crippen LogP contribution is -2.30. The summed E-state index contributed by atoms with van der Waals surface area (Å²) in [5, 5.41) is 11.2. The highest BCUT2D eigenvalue weighted by Crippen LogP contribution is 2.21. The van der Waals surface area contributed by atoms with E-state index in [1.165, 1.54) is 6.92 Å². The number of amides is 1. The van der Waals surface area contributed by atoms with Crippen LogP contribution in [0.5, 0.6) is 0 Å². The average Bonchev–Trinajstić information content (AvgIpc) is 2.65. The second-order valence-electron chi connectivity index (χ2n) is 4.04. The molecule has 0 aliphatic rings. The van der Waals surface area contributed by atoms with E-state index in [9.17, 15) is 4.79 Å². The molecule has 0 aliphatic carbocycles. The van der Waals surface area contributed by atoms with Gasteiger partial charge in [0.2, 0.25) is 5.91 Å². The van der Waals surface area contributed by atoms with E-state index in [1.807, 2.05) is 18.5 Å². The molecule has 1 aromatic heterocycles. The summed E-state index contributed by atoms with van der Waals surface area (Å²) in [6.45, 7) is 8.41. The van der Waals surface area contributed by atoms with Crippen molar-refractivity contribution in [2.45, 2.75) is 40.3 Å². The summed E-state index contributed by atoms with van der Waals surface area (Å²) in [7, 11) is 0. The van der Waals surface area contributed by atoms with Crippen LogP contribution in [0.2, 0.25) is 5.02 Å². The van der Waals surface area contributed by atoms with Crippen LogP contribution in [0, 0.1) is 0 Å². The molecule has 0 saturated heterocycles. The zero-order valence-electron chi connectivity index (χ0n) is 11.2. The topological polar surface area (TPSA) is 59.0 Å². The molecule has 1 aromatic rings. The maximum atomic E-state index is 10.7. The Morgan fingerprint density at radius 1 is 1.39 bits per heavy atom. The van der Waals surface area contributed by atoms with Crippen molar-refractivity contribution in [2.24, 2.45) is 0 Å². The maximum absolute atomic E-state index is 10.7. The Balaban J connectivity index is 2.50. The lowest BCUT2D eigenvalue weighted by molar-refractivity contribution is -0.118. The third-order valence-corrected chi connectivity index (χ3v) is 3.10. The molecule has 18 heavy (non-hydrogen) atoms. The van der Waals surface area contributed by atoms with Crippen LogP contribution in [0.3, 0.4) is 0 Å². The van der Waals surface area contributed by atoms with Crippen molar-refractivity contribution in [3.63, 3.8) is 0 Å². The molecule has 1 amide bonds. The van der Waals surface area contributed by atoms with Crippen LogP contribution in [0.15, 0.2) is 0 Å². The molecule has 0 aliphatic heterocycles. The monoisotopic (exact) mass is 272 g/mol. The predicted octanol–water partition coefficient (Wildman–Crippen LogP) is 1.34. The van der Waals surface area contributed by atoms with Crippen molar-refractivity contribution in [3.8, 4) is 0 Å². The first kappa shape index (κ1) is 15.0. The predicted molar refractivity (Wildman–Crippen MR) is 72.7 cm³/mol. The average molecular weight is 273 g/mol. The van der Waals surface area contributed by atoms with Crippen LogP contribution in [-0.2, 0) is 24.3 Å². The van der Waals surface area contributed by atoms with Gasteiger partial charge in [-0.3, -0.25) is 9.48 Å². The van der Waals surface area contributed by atoms with Gasteiger partial charge in [-0.25, -0.2) is 0 Å². The van der Waals surface area contributed by atoms with Crippen molar-refractivity contribution in [1.82, 2.24) is 20.4 Å². The molecule has 5 nitrogen and oxygen atoms in total. The Morgan fingerprint density at radius 3 is 2.67 bits per heavy atom. The maximum Gasteiger partial charge on any atom is 0.216 e. The largest absolute Gasteiger partial charge is 0.355 e. The molecule has 0 unspecified atom stereocenters. The molecule has 2 N–H and O–H groups in total. The van der Waals surface area contributed by atoms with E-state index >= 15 is 0 Å². The number of hydrogen-bond acceptors (Lipinski definition) is 3. The SMILES string of the molecule is CCc1nn(CC)c(CNCCNC(C)=O)c1Cl. The van der Waals surface area contributed by atoms with Crippen molar-refractivity contribution in [1.29, 1.82) is 0 Å². The van der Waals surface area contributed by atoms with Crippen LogP contribution in [0.25, 0.3) is 0 Å². The first-order chi connectivity index (χ1) is 8.60. The molecule has 0 spiro atoms. The van der Waals surface area contributed by atoms with Gasteiger partial charge in [-0.05, 0) is 13.3 Å². The summed E-state index contributed by atoms with van der Waals surface area (Å²) < 4.78 is 1.92. The molecule has 0 aromatic carbocycles. The van der Waals surface area contributed by atoms with Gasteiger partial charge >= 0.3 is 0 Å². The van der Waals surface area contributed by atoms with Gasteiger partial charge in [-0.1, -0.05) is 18.5 Å². The third kappa shape index (κ3) is 3.99. The molecular formula is C12H21ClN4O. The molecule has 0 saturated carbocycles. The highest BCUT2D eigenvalue weighted by molar-refractivity contribution is 6.31. The molecule has 0 bridgehead atoms. The van der Waals surface area contributed by atoms with Crippen LogP contribution in [0.4, 0.5) is 0 Å². The third-order valence-electron chi connectivity index (χ3n) is 2.66. The smallest absolute Gasteiger partial charge is 0.216 e. The van der Waals surface area contributed by atoms with E-state index in [-0.39, 0.29) is 5.91 Å². The molecule has 0 atom stereocenters. The van der Waals surface area contributed by atoms with Crippen LogP contribution in [0.1, 0.15) is 32.2 Å². The van der Waals surface area contributed by atoms with Gasteiger partial charge in [-0.2, -0.15) is 5.10 Å². The fourth-order valence-corrected chi connectivity index (χ4v) is 2.06. The number of carbonyl (C=O) groups is 1. The fraction of sp³-hybridized carbons (Fsp3) is 0.667. The lowest BCUT2D eigenvalue weighted by atomic mass is 10.3. The Hall–Kier alpha value is -1.07. The number of nitrogens with one attached hydrogen (secondary N) is 2. The summed E-state index contributed by atoms with van der Waals surface area (Å²) in [6, 6.07) is 0. The summed E-state index contributed by atoms with van der Waals surface area (Å²) in [6.07, 6.45) is 0.838. The second-order valence-corrected chi connectivity index (χ2v) is 4.41. The first-order valence-electron chi connectivity index (χ1n) is 6.29. The molecule has 6 heteroatoms. The Labute approximate surface area is 113 Å². The summed E-state index contributed by atoms with van der Waals surface area (Å²) in [5.74, 6) is -0.0123. The Kier molecular flexibility index (Phi) is 6.15. The number of halogens is 1. The highest BCUT2D eigenvalue weighted by Gasteiger charge is 2.13. The Morgan fingerprint density at radius 2 is 2.11 bits per heavy atom. The highest BCUT2D eigenvalue weighted by atomic mass is 35.5. The standard InChI is InChI=1S/C12H21ClN4O/c1-4-10-12(13)11(17(5-2)16-10)8-14-6-7-15-9(3)18/h14H,4-8H2,1-3H3,(H,15,18). The van der Waals surface area contributed by atoms with E-state index in [1.54, 1.807) is 0 Å². The first-order valence-corrected chi connectivity index (χ1v) is 6.67. The van der Waals surface area contributed by atoms with Crippen LogP contribution in [-0.4, -0.2) is 28.8 Å². The van der Waals surface area contributed by atoms with E-state index in [0.717, 1.165) is 29.4 Å². The van der Waals surface area contributed by atoms with E-state index < -0.39 is 0 Å². The quantitative estimate of drug-likeness (QED) is 0.737. The van der Waals surface area contributed by atoms with Gasteiger partial charge in [0, 0.05) is 33.1 Å². The molecule has 0 radical (unpaired) electrons. The summed E-state index contributed by atoms with van der Waals surface area (Å²) in [4.78, 5) is 10.7. The number of carbonyl (C=O) groups excluding carboxylic acids is 1. The van der Waals surface area contributed by atoms with Crippen LogP contribution < -0.4 is 10.6 Å². The van der Waals surface area contributed by atoms with Crippen molar-refractivity contribution < 1.29 is 4.79 Å². The van der Waals surface area contributed by atoms with Crippen molar-refractivity contribution in [2.75, 3.05) is 13.1 Å². The van der Waals surface area contributed by atoms with Crippen LogP contribution >= 0.6 is 11.6 Å².